The highest BCUT2D eigenvalue weighted by Gasteiger charge is 2.51. The molecule has 1 aliphatic rings. The van der Waals surface area contributed by atoms with Gasteiger partial charge in [-0.15, -0.1) is 0 Å². The Morgan fingerprint density at radius 3 is 2.28 bits per heavy atom. The summed E-state index contributed by atoms with van der Waals surface area (Å²) in [4.78, 5) is 10.7. The minimum atomic E-state index is -1.40. The Morgan fingerprint density at radius 2 is 1.94 bits per heavy atom. The van der Waals surface area contributed by atoms with Crippen LogP contribution in [0.2, 0.25) is 0 Å². The lowest BCUT2D eigenvalue weighted by Gasteiger charge is -2.43. The predicted molar refractivity (Wildman–Crippen MR) is 66.3 cm³/mol. The third-order valence-electron chi connectivity index (χ3n) is 3.73. The first-order valence-electron chi connectivity index (χ1n) is 5.83. The van der Waals surface area contributed by atoms with Crippen molar-refractivity contribution in [2.45, 2.75) is 45.6 Å². The second-order valence-electron chi connectivity index (χ2n) is 4.92. The van der Waals surface area contributed by atoms with E-state index >= 15 is 0 Å². The molecule has 2 N–H and O–H groups in total. The van der Waals surface area contributed by atoms with Crippen molar-refractivity contribution >= 4 is 5.97 Å². The molecule has 1 saturated carbocycles. The number of rotatable bonds is 2. The van der Waals surface area contributed by atoms with Crippen LogP contribution in [0.5, 0.6) is 0 Å². The van der Waals surface area contributed by atoms with E-state index in [1.807, 2.05) is 0 Å². The molecule has 0 saturated heterocycles. The molecule has 0 spiro atoms. The number of hydrogen-bond acceptors (Lipinski definition) is 3. The average molecular weight is 247 g/mol. The molecule has 0 unspecified atom stereocenters. The molecule has 0 aromatic rings. The van der Waals surface area contributed by atoms with Crippen molar-refractivity contribution in [3.63, 3.8) is 0 Å². The van der Waals surface area contributed by atoms with E-state index in [0.717, 1.165) is 6.42 Å². The molecule has 0 aliphatic heterocycles. The summed E-state index contributed by atoms with van der Waals surface area (Å²) >= 11 is 0. The Labute approximate surface area is 107 Å². The first-order valence-corrected chi connectivity index (χ1v) is 5.83. The number of carbonyl (C=O) groups is 1. The van der Waals surface area contributed by atoms with Crippen molar-refractivity contribution in [3.8, 4) is 17.9 Å². The zero-order valence-electron chi connectivity index (χ0n) is 10.9. The maximum Gasteiger partial charge on any atom is 0.332 e. The van der Waals surface area contributed by atoms with Gasteiger partial charge in [-0.1, -0.05) is 11.8 Å². The van der Waals surface area contributed by atoms with Crippen LogP contribution in [0.25, 0.3) is 0 Å². The number of aliphatic carboxylic acids is 1. The van der Waals surface area contributed by atoms with Crippen molar-refractivity contribution in [3.05, 3.63) is 11.1 Å². The molecular formula is C14H17NO3. The molecule has 1 atom stereocenters. The molecule has 1 aliphatic carbocycles. The minimum absolute atomic E-state index is 0.151. The fourth-order valence-electron chi connectivity index (χ4n) is 1.83. The third kappa shape index (κ3) is 2.39. The summed E-state index contributed by atoms with van der Waals surface area (Å²) in [7, 11) is 0. The molecule has 0 aromatic heterocycles. The zero-order chi connectivity index (χ0) is 14.0. The van der Waals surface area contributed by atoms with E-state index in [1.165, 1.54) is 13.8 Å². The minimum Gasteiger partial charge on any atom is -0.478 e. The summed E-state index contributed by atoms with van der Waals surface area (Å²) in [6.45, 7) is 4.57. The fraction of sp³-hybridized carbons (Fsp3) is 0.571. The maximum atomic E-state index is 10.7. The molecule has 0 heterocycles. The lowest BCUT2D eigenvalue weighted by Crippen LogP contribution is -2.48. The van der Waals surface area contributed by atoms with Crippen molar-refractivity contribution in [1.29, 1.82) is 5.26 Å². The van der Waals surface area contributed by atoms with Crippen molar-refractivity contribution in [2.24, 2.45) is 5.41 Å². The molecular weight excluding hydrogens is 230 g/mol. The van der Waals surface area contributed by atoms with Crippen LogP contribution in [-0.4, -0.2) is 21.8 Å². The van der Waals surface area contributed by atoms with Crippen molar-refractivity contribution in [2.75, 3.05) is 0 Å². The fourth-order valence-corrected chi connectivity index (χ4v) is 1.83. The second-order valence-corrected chi connectivity index (χ2v) is 4.92. The molecule has 4 nitrogen and oxygen atoms in total. The Bertz CT molecular complexity index is 493. The van der Waals surface area contributed by atoms with Gasteiger partial charge in [-0.25, -0.2) is 4.79 Å². The average Bonchev–Trinajstić information content (AvgIpc) is 2.23. The van der Waals surface area contributed by atoms with Gasteiger partial charge in [-0.05, 0) is 40.0 Å². The number of carboxylic acid groups (broad SMARTS) is 1. The summed E-state index contributed by atoms with van der Waals surface area (Å²) in [6.07, 6.45) is 2.17. The van der Waals surface area contributed by atoms with E-state index in [1.54, 1.807) is 6.92 Å². The second kappa shape index (κ2) is 4.84. The van der Waals surface area contributed by atoms with Gasteiger partial charge in [-0.3, -0.25) is 0 Å². The lowest BCUT2D eigenvalue weighted by atomic mass is 9.60. The molecule has 96 valence electrons. The summed E-state index contributed by atoms with van der Waals surface area (Å²) in [5, 5.41) is 28.2. The first-order chi connectivity index (χ1) is 8.26. The van der Waals surface area contributed by atoms with Gasteiger partial charge in [0.05, 0.1) is 11.5 Å². The number of carboxylic acids is 1. The van der Waals surface area contributed by atoms with E-state index in [-0.39, 0.29) is 5.57 Å². The standard InChI is InChI=1S/C14H17NO3/c1-10(11(2)12(16)17)5-8-13(3,18)14(9-15)6-4-7-14/h18H,4,6-7H2,1-3H3,(H,16,17)/b11-10-/t13-/m1/s1. The van der Waals surface area contributed by atoms with Crippen LogP contribution in [0.3, 0.4) is 0 Å². The van der Waals surface area contributed by atoms with Gasteiger partial charge in [0.1, 0.15) is 5.60 Å². The number of nitrogens with zero attached hydrogens (tertiary/aromatic N) is 1. The van der Waals surface area contributed by atoms with Gasteiger partial charge in [0.15, 0.2) is 0 Å². The highest BCUT2D eigenvalue weighted by molar-refractivity contribution is 5.87. The predicted octanol–water partition coefficient (Wildman–Crippen LogP) is 1.86. The summed E-state index contributed by atoms with van der Waals surface area (Å²) in [6, 6.07) is 2.15. The third-order valence-corrected chi connectivity index (χ3v) is 3.73. The molecule has 0 amide bonds. The zero-order valence-corrected chi connectivity index (χ0v) is 10.9. The Balaban J connectivity index is 3.02. The molecule has 0 radical (unpaired) electrons. The Hall–Kier alpha value is -1.78. The van der Waals surface area contributed by atoms with E-state index in [0.29, 0.717) is 18.4 Å². The molecule has 1 fully saturated rings. The van der Waals surface area contributed by atoms with Crippen LogP contribution in [0.1, 0.15) is 40.0 Å². The van der Waals surface area contributed by atoms with Crippen molar-refractivity contribution < 1.29 is 15.0 Å². The quantitative estimate of drug-likeness (QED) is 0.576. The van der Waals surface area contributed by atoms with Gasteiger partial charge in [0.25, 0.3) is 0 Å². The van der Waals surface area contributed by atoms with Crippen LogP contribution in [0.15, 0.2) is 11.1 Å². The number of allylic oxidation sites excluding steroid dienone is 1. The molecule has 0 bridgehead atoms. The topological polar surface area (TPSA) is 81.3 Å². The maximum absolute atomic E-state index is 10.7. The van der Waals surface area contributed by atoms with Gasteiger partial charge in [0.2, 0.25) is 0 Å². The Kier molecular flexibility index (Phi) is 3.84. The van der Waals surface area contributed by atoms with E-state index in [4.69, 9.17) is 10.4 Å². The summed E-state index contributed by atoms with van der Waals surface area (Å²) in [5.74, 6) is 4.28. The molecule has 1 rings (SSSR count). The van der Waals surface area contributed by atoms with Crippen LogP contribution < -0.4 is 0 Å². The van der Waals surface area contributed by atoms with E-state index in [9.17, 15) is 9.90 Å². The summed E-state index contributed by atoms with van der Waals surface area (Å²) < 4.78 is 0. The number of nitriles is 1. The SMILES string of the molecule is C/C(C#C[C@@](C)(O)C1(C#N)CCC1)=C(\C)C(=O)O. The Morgan fingerprint density at radius 1 is 1.39 bits per heavy atom. The molecule has 4 heteroatoms. The first kappa shape index (κ1) is 14.3. The van der Waals surface area contributed by atoms with Gasteiger partial charge in [0, 0.05) is 11.1 Å². The molecule has 18 heavy (non-hydrogen) atoms. The van der Waals surface area contributed by atoms with Gasteiger partial charge >= 0.3 is 5.97 Å². The van der Waals surface area contributed by atoms with Crippen LogP contribution in [0, 0.1) is 28.6 Å². The number of hydrogen-bond donors (Lipinski definition) is 2. The largest absolute Gasteiger partial charge is 0.478 e. The highest BCUT2D eigenvalue weighted by Crippen LogP contribution is 2.48. The van der Waals surface area contributed by atoms with Crippen LogP contribution in [-0.2, 0) is 4.79 Å². The smallest absolute Gasteiger partial charge is 0.332 e. The molecule has 0 aromatic carbocycles. The monoisotopic (exact) mass is 247 g/mol. The normalized spacial score (nSPS) is 21.3. The highest BCUT2D eigenvalue weighted by atomic mass is 16.4. The lowest BCUT2D eigenvalue weighted by molar-refractivity contribution is -0.132. The van der Waals surface area contributed by atoms with Gasteiger partial charge < -0.3 is 10.2 Å². The summed E-state index contributed by atoms with van der Waals surface area (Å²) in [5.41, 5.74) is -1.66. The number of aliphatic hydroxyl groups is 1. The van der Waals surface area contributed by atoms with E-state index < -0.39 is 17.0 Å². The van der Waals surface area contributed by atoms with Crippen molar-refractivity contribution in [1.82, 2.24) is 0 Å². The van der Waals surface area contributed by atoms with Crippen LogP contribution >= 0.6 is 0 Å². The van der Waals surface area contributed by atoms with Gasteiger partial charge in [-0.2, -0.15) is 5.26 Å². The van der Waals surface area contributed by atoms with E-state index in [2.05, 4.69) is 17.9 Å². The van der Waals surface area contributed by atoms with Crippen LogP contribution in [0.4, 0.5) is 0 Å².